The van der Waals surface area contributed by atoms with E-state index < -0.39 is 0 Å². The summed E-state index contributed by atoms with van der Waals surface area (Å²) in [6.07, 6.45) is 3.83. The topological polar surface area (TPSA) is 29.9 Å². The van der Waals surface area contributed by atoms with Gasteiger partial charge in [0.1, 0.15) is 5.82 Å². The van der Waals surface area contributed by atoms with E-state index in [9.17, 15) is 0 Å². The number of hydrogen-bond acceptors (Lipinski definition) is 3. The SMILES string of the molecule is CNC(CSc1ccc(C)cc1)c1nccn1C. The maximum atomic E-state index is 4.40. The molecule has 1 unspecified atom stereocenters. The van der Waals surface area contributed by atoms with Gasteiger partial charge >= 0.3 is 0 Å². The van der Waals surface area contributed by atoms with Crippen molar-refractivity contribution in [2.75, 3.05) is 12.8 Å². The first-order chi connectivity index (χ1) is 8.70. The van der Waals surface area contributed by atoms with E-state index in [1.165, 1.54) is 10.5 Å². The van der Waals surface area contributed by atoms with Gasteiger partial charge < -0.3 is 9.88 Å². The van der Waals surface area contributed by atoms with Gasteiger partial charge in [-0.05, 0) is 26.1 Å². The summed E-state index contributed by atoms with van der Waals surface area (Å²) in [5.41, 5.74) is 1.30. The minimum Gasteiger partial charge on any atom is -0.337 e. The smallest absolute Gasteiger partial charge is 0.126 e. The predicted octanol–water partition coefficient (Wildman–Crippen LogP) is 2.78. The molecule has 2 aromatic rings. The van der Waals surface area contributed by atoms with Crippen molar-refractivity contribution in [1.82, 2.24) is 14.9 Å². The fourth-order valence-corrected chi connectivity index (χ4v) is 2.82. The van der Waals surface area contributed by atoms with Crippen LogP contribution in [0.1, 0.15) is 17.4 Å². The third-order valence-electron chi connectivity index (χ3n) is 2.96. The van der Waals surface area contributed by atoms with Gasteiger partial charge in [0, 0.05) is 30.1 Å². The average molecular weight is 261 g/mol. The largest absolute Gasteiger partial charge is 0.337 e. The van der Waals surface area contributed by atoms with Crippen LogP contribution < -0.4 is 5.32 Å². The van der Waals surface area contributed by atoms with Crippen molar-refractivity contribution in [3.63, 3.8) is 0 Å². The zero-order valence-electron chi connectivity index (χ0n) is 11.1. The van der Waals surface area contributed by atoms with Crippen LogP contribution in [0.25, 0.3) is 0 Å². The van der Waals surface area contributed by atoms with Gasteiger partial charge in [-0.2, -0.15) is 0 Å². The Hall–Kier alpha value is -1.26. The summed E-state index contributed by atoms with van der Waals surface area (Å²) in [4.78, 5) is 5.70. The molecule has 0 saturated heterocycles. The highest BCUT2D eigenvalue weighted by Crippen LogP contribution is 2.23. The van der Waals surface area contributed by atoms with Crippen molar-refractivity contribution in [2.45, 2.75) is 17.9 Å². The highest BCUT2D eigenvalue weighted by molar-refractivity contribution is 7.99. The van der Waals surface area contributed by atoms with Gasteiger partial charge in [-0.15, -0.1) is 11.8 Å². The summed E-state index contributed by atoms with van der Waals surface area (Å²) in [6, 6.07) is 8.92. The number of nitrogens with one attached hydrogen (secondary N) is 1. The normalized spacial score (nSPS) is 12.6. The standard InChI is InChI=1S/C14H19N3S/c1-11-4-6-12(7-5-11)18-10-13(15-2)14-16-8-9-17(14)3/h4-9,13,15H,10H2,1-3H3. The van der Waals surface area contributed by atoms with E-state index in [-0.39, 0.29) is 6.04 Å². The van der Waals surface area contributed by atoms with E-state index in [0.717, 1.165) is 11.6 Å². The maximum Gasteiger partial charge on any atom is 0.126 e. The summed E-state index contributed by atoms with van der Waals surface area (Å²) in [7, 11) is 4.01. The van der Waals surface area contributed by atoms with Crippen LogP contribution in [0.3, 0.4) is 0 Å². The number of rotatable bonds is 5. The zero-order chi connectivity index (χ0) is 13.0. The van der Waals surface area contributed by atoms with Crippen molar-refractivity contribution < 1.29 is 0 Å². The maximum absolute atomic E-state index is 4.40. The number of aryl methyl sites for hydroxylation is 2. The number of benzene rings is 1. The highest BCUT2D eigenvalue weighted by atomic mass is 32.2. The molecule has 4 heteroatoms. The van der Waals surface area contributed by atoms with E-state index >= 15 is 0 Å². The molecule has 0 bridgehead atoms. The molecule has 1 aromatic heterocycles. The van der Waals surface area contributed by atoms with Crippen molar-refractivity contribution in [3.8, 4) is 0 Å². The number of aromatic nitrogens is 2. The number of hydrogen-bond donors (Lipinski definition) is 1. The summed E-state index contributed by atoms with van der Waals surface area (Å²) in [5.74, 6) is 2.06. The Morgan fingerprint density at radius 3 is 2.61 bits per heavy atom. The molecule has 1 heterocycles. The molecular formula is C14H19N3S. The summed E-state index contributed by atoms with van der Waals surface area (Å²) >= 11 is 1.85. The van der Waals surface area contributed by atoms with Crippen molar-refractivity contribution in [3.05, 3.63) is 48.0 Å². The van der Waals surface area contributed by atoms with Crippen LogP contribution in [-0.2, 0) is 7.05 Å². The first kappa shape index (κ1) is 13.2. The molecule has 96 valence electrons. The zero-order valence-corrected chi connectivity index (χ0v) is 11.9. The minimum atomic E-state index is 0.274. The van der Waals surface area contributed by atoms with Crippen molar-refractivity contribution in [2.24, 2.45) is 7.05 Å². The molecule has 0 aliphatic rings. The van der Waals surface area contributed by atoms with E-state index in [0.29, 0.717) is 0 Å². The second-order valence-electron chi connectivity index (χ2n) is 4.36. The molecule has 0 spiro atoms. The van der Waals surface area contributed by atoms with Crippen molar-refractivity contribution >= 4 is 11.8 Å². The molecule has 1 aromatic carbocycles. The van der Waals surface area contributed by atoms with E-state index in [2.05, 4.69) is 46.1 Å². The van der Waals surface area contributed by atoms with Gasteiger partial charge in [0.25, 0.3) is 0 Å². The second-order valence-corrected chi connectivity index (χ2v) is 5.46. The van der Waals surface area contributed by atoms with Crippen LogP contribution in [-0.4, -0.2) is 22.4 Å². The van der Waals surface area contributed by atoms with Crippen LogP contribution in [0.4, 0.5) is 0 Å². The van der Waals surface area contributed by atoms with Crippen LogP contribution in [0.2, 0.25) is 0 Å². The molecule has 0 amide bonds. The fraction of sp³-hybridized carbons (Fsp3) is 0.357. The third kappa shape index (κ3) is 3.15. The van der Waals surface area contributed by atoms with Gasteiger partial charge in [-0.3, -0.25) is 0 Å². The third-order valence-corrected chi connectivity index (χ3v) is 4.06. The molecule has 0 radical (unpaired) electrons. The predicted molar refractivity (Wildman–Crippen MR) is 76.9 cm³/mol. The Balaban J connectivity index is 2.00. The Labute approximate surface area is 113 Å². The van der Waals surface area contributed by atoms with Gasteiger partial charge in [0.2, 0.25) is 0 Å². The van der Waals surface area contributed by atoms with Crippen LogP contribution in [0, 0.1) is 6.92 Å². The van der Waals surface area contributed by atoms with Crippen LogP contribution in [0.15, 0.2) is 41.6 Å². The highest BCUT2D eigenvalue weighted by Gasteiger charge is 2.13. The molecule has 0 aliphatic heterocycles. The minimum absolute atomic E-state index is 0.274. The number of nitrogens with zero attached hydrogens (tertiary/aromatic N) is 2. The Morgan fingerprint density at radius 1 is 1.33 bits per heavy atom. The summed E-state index contributed by atoms with van der Waals surface area (Å²) in [6.45, 7) is 2.11. The summed E-state index contributed by atoms with van der Waals surface area (Å²) < 4.78 is 2.07. The first-order valence-electron chi connectivity index (χ1n) is 6.04. The van der Waals surface area contributed by atoms with Gasteiger partial charge in [-0.25, -0.2) is 4.98 Å². The van der Waals surface area contributed by atoms with E-state index in [1.807, 2.05) is 38.3 Å². The molecule has 0 saturated carbocycles. The molecule has 18 heavy (non-hydrogen) atoms. The molecule has 3 nitrogen and oxygen atoms in total. The van der Waals surface area contributed by atoms with Crippen molar-refractivity contribution in [1.29, 1.82) is 0 Å². The lowest BCUT2D eigenvalue weighted by atomic mass is 10.2. The number of thioether (sulfide) groups is 1. The molecule has 1 N–H and O–H groups in total. The molecule has 2 rings (SSSR count). The Kier molecular flexibility index (Phi) is 4.44. The fourth-order valence-electron chi connectivity index (χ4n) is 1.81. The van der Waals surface area contributed by atoms with Gasteiger partial charge in [0.15, 0.2) is 0 Å². The lowest BCUT2D eigenvalue weighted by Crippen LogP contribution is -2.22. The van der Waals surface area contributed by atoms with Crippen LogP contribution >= 0.6 is 11.8 Å². The Morgan fingerprint density at radius 2 is 2.06 bits per heavy atom. The summed E-state index contributed by atoms with van der Waals surface area (Å²) in [5, 5.41) is 3.32. The monoisotopic (exact) mass is 261 g/mol. The molecule has 0 fully saturated rings. The van der Waals surface area contributed by atoms with Gasteiger partial charge in [-0.1, -0.05) is 17.7 Å². The van der Waals surface area contributed by atoms with Crippen LogP contribution in [0.5, 0.6) is 0 Å². The first-order valence-corrected chi connectivity index (χ1v) is 7.03. The lowest BCUT2D eigenvalue weighted by Gasteiger charge is -2.15. The van der Waals surface area contributed by atoms with Gasteiger partial charge in [0.05, 0.1) is 6.04 Å². The quantitative estimate of drug-likeness (QED) is 0.839. The average Bonchev–Trinajstić information content (AvgIpc) is 2.79. The Bertz CT molecular complexity index is 490. The second kappa shape index (κ2) is 6.07. The molecular weight excluding hydrogens is 242 g/mol. The molecule has 0 aliphatic carbocycles. The van der Waals surface area contributed by atoms with E-state index in [1.54, 1.807) is 0 Å². The lowest BCUT2D eigenvalue weighted by molar-refractivity contribution is 0.593. The number of imidazole rings is 1. The molecule has 1 atom stereocenters. The van der Waals surface area contributed by atoms with E-state index in [4.69, 9.17) is 0 Å².